The molecule has 7 heteroatoms. The number of nitrogens with one attached hydrogen (secondary N) is 1. The second kappa shape index (κ2) is 6.55. The van der Waals surface area contributed by atoms with Crippen LogP contribution < -0.4 is 5.32 Å². The van der Waals surface area contributed by atoms with E-state index in [1.54, 1.807) is 16.2 Å². The number of amides is 2. The summed E-state index contributed by atoms with van der Waals surface area (Å²) in [6, 6.07) is 4.02. The van der Waals surface area contributed by atoms with E-state index >= 15 is 0 Å². The maximum Gasteiger partial charge on any atom is 0.242 e. The van der Waals surface area contributed by atoms with Crippen molar-refractivity contribution in [3.05, 3.63) is 22.4 Å². The summed E-state index contributed by atoms with van der Waals surface area (Å²) in [7, 11) is 0. The Hall–Kier alpha value is -1.44. The van der Waals surface area contributed by atoms with Crippen LogP contribution in [0.2, 0.25) is 0 Å². The Morgan fingerprint density at radius 1 is 1.48 bits per heavy atom. The Kier molecular flexibility index (Phi) is 4.52. The van der Waals surface area contributed by atoms with E-state index in [0.29, 0.717) is 32.8 Å². The predicted octanol–water partition coefficient (Wildman–Crippen LogP) is 0.0798. The number of piperazine rings is 1. The van der Waals surface area contributed by atoms with Crippen molar-refractivity contribution in [1.29, 1.82) is 0 Å². The van der Waals surface area contributed by atoms with Crippen LogP contribution >= 0.6 is 11.3 Å². The molecule has 6 nitrogen and oxygen atoms in total. The van der Waals surface area contributed by atoms with Crippen LogP contribution in [0.5, 0.6) is 0 Å². The fourth-order valence-electron chi connectivity index (χ4n) is 2.60. The standard InChI is InChI=1S/C14H19N3O3S/c18-13-8-15-3-4-16(13)10-14(19)17-5-6-20-11(9-17)12-2-1-7-21-12/h1-2,7,11,15H,3-6,8-10H2. The van der Waals surface area contributed by atoms with Crippen LogP contribution in [-0.4, -0.2) is 67.5 Å². The molecule has 1 aromatic rings. The second-order valence-electron chi connectivity index (χ2n) is 5.21. The number of thiophene rings is 1. The molecule has 3 rings (SSSR count). The maximum atomic E-state index is 12.4. The van der Waals surface area contributed by atoms with E-state index in [1.807, 2.05) is 22.4 Å². The zero-order chi connectivity index (χ0) is 14.7. The highest BCUT2D eigenvalue weighted by molar-refractivity contribution is 7.10. The molecule has 1 aromatic heterocycles. The first-order valence-corrected chi connectivity index (χ1v) is 8.03. The van der Waals surface area contributed by atoms with E-state index in [-0.39, 0.29) is 24.5 Å². The molecule has 2 amide bonds. The van der Waals surface area contributed by atoms with Crippen LogP contribution in [0.1, 0.15) is 11.0 Å². The number of carbonyl (C=O) groups excluding carboxylic acids is 2. The zero-order valence-electron chi connectivity index (χ0n) is 11.8. The van der Waals surface area contributed by atoms with Gasteiger partial charge in [-0.1, -0.05) is 6.07 Å². The maximum absolute atomic E-state index is 12.4. The Morgan fingerprint density at radius 2 is 2.38 bits per heavy atom. The van der Waals surface area contributed by atoms with Crippen molar-refractivity contribution in [3.8, 4) is 0 Å². The van der Waals surface area contributed by atoms with E-state index < -0.39 is 0 Å². The van der Waals surface area contributed by atoms with E-state index in [1.165, 1.54) is 0 Å². The minimum absolute atomic E-state index is 0.00216. The smallest absolute Gasteiger partial charge is 0.242 e. The number of hydrogen-bond acceptors (Lipinski definition) is 5. The third kappa shape index (κ3) is 3.42. The molecule has 0 radical (unpaired) electrons. The second-order valence-corrected chi connectivity index (χ2v) is 6.19. The number of rotatable bonds is 3. The van der Waals surface area contributed by atoms with Gasteiger partial charge < -0.3 is 19.9 Å². The van der Waals surface area contributed by atoms with Crippen molar-refractivity contribution < 1.29 is 14.3 Å². The predicted molar refractivity (Wildman–Crippen MR) is 79.0 cm³/mol. The molecular formula is C14H19N3O3S. The van der Waals surface area contributed by atoms with E-state index in [2.05, 4.69) is 5.32 Å². The van der Waals surface area contributed by atoms with Crippen molar-refractivity contribution in [3.63, 3.8) is 0 Å². The molecule has 0 saturated carbocycles. The van der Waals surface area contributed by atoms with Gasteiger partial charge in [0.2, 0.25) is 11.8 Å². The van der Waals surface area contributed by atoms with Crippen molar-refractivity contribution in [2.45, 2.75) is 6.10 Å². The normalized spacial score (nSPS) is 23.4. The summed E-state index contributed by atoms with van der Waals surface area (Å²) < 4.78 is 5.74. The van der Waals surface area contributed by atoms with Gasteiger partial charge in [-0.05, 0) is 11.4 Å². The van der Waals surface area contributed by atoms with Crippen molar-refractivity contribution in [1.82, 2.24) is 15.1 Å². The Morgan fingerprint density at radius 3 is 3.14 bits per heavy atom. The summed E-state index contributed by atoms with van der Waals surface area (Å²) in [6.07, 6.45) is -0.0403. The molecular weight excluding hydrogens is 290 g/mol. The minimum atomic E-state index is -0.0403. The highest BCUT2D eigenvalue weighted by Gasteiger charge is 2.28. The molecule has 0 bridgehead atoms. The molecule has 0 aromatic carbocycles. The molecule has 1 N–H and O–H groups in total. The average molecular weight is 309 g/mol. The van der Waals surface area contributed by atoms with Gasteiger partial charge in [-0.3, -0.25) is 9.59 Å². The molecule has 0 spiro atoms. The fourth-order valence-corrected chi connectivity index (χ4v) is 3.36. The number of carbonyl (C=O) groups is 2. The van der Waals surface area contributed by atoms with Gasteiger partial charge in [0.25, 0.3) is 0 Å². The van der Waals surface area contributed by atoms with Gasteiger partial charge in [-0.25, -0.2) is 0 Å². The molecule has 21 heavy (non-hydrogen) atoms. The molecule has 0 aliphatic carbocycles. The van der Waals surface area contributed by atoms with Gasteiger partial charge in [0.05, 0.1) is 26.2 Å². The van der Waals surface area contributed by atoms with E-state index in [4.69, 9.17) is 4.74 Å². The van der Waals surface area contributed by atoms with Crippen LogP contribution in [0.15, 0.2) is 17.5 Å². The summed E-state index contributed by atoms with van der Waals surface area (Å²) in [5.41, 5.74) is 0. The minimum Gasteiger partial charge on any atom is -0.369 e. The van der Waals surface area contributed by atoms with Crippen LogP contribution in [0, 0.1) is 0 Å². The van der Waals surface area contributed by atoms with E-state index in [9.17, 15) is 9.59 Å². The average Bonchev–Trinajstić information content (AvgIpc) is 3.04. The lowest BCUT2D eigenvalue weighted by atomic mass is 10.2. The highest BCUT2D eigenvalue weighted by atomic mass is 32.1. The van der Waals surface area contributed by atoms with Crippen LogP contribution in [0.25, 0.3) is 0 Å². The van der Waals surface area contributed by atoms with Gasteiger partial charge in [0, 0.05) is 24.5 Å². The highest BCUT2D eigenvalue weighted by Crippen LogP contribution is 2.26. The van der Waals surface area contributed by atoms with Crippen LogP contribution in [-0.2, 0) is 14.3 Å². The Labute approximate surface area is 127 Å². The molecule has 3 heterocycles. The summed E-state index contributed by atoms with van der Waals surface area (Å²) in [5, 5.41) is 5.02. The lowest BCUT2D eigenvalue weighted by Crippen LogP contribution is -2.53. The third-order valence-electron chi connectivity index (χ3n) is 3.79. The summed E-state index contributed by atoms with van der Waals surface area (Å²) in [6.45, 7) is 3.57. The molecule has 2 saturated heterocycles. The SMILES string of the molecule is O=C1CNCCN1CC(=O)N1CCOC(c2cccs2)C1. The van der Waals surface area contributed by atoms with E-state index in [0.717, 1.165) is 11.4 Å². The number of hydrogen-bond donors (Lipinski definition) is 1. The fraction of sp³-hybridized carbons (Fsp3) is 0.571. The molecule has 2 fully saturated rings. The van der Waals surface area contributed by atoms with Gasteiger partial charge in [0.15, 0.2) is 0 Å². The largest absolute Gasteiger partial charge is 0.369 e. The number of ether oxygens (including phenoxy) is 1. The van der Waals surface area contributed by atoms with Gasteiger partial charge in [-0.2, -0.15) is 0 Å². The lowest BCUT2D eigenvalue weighted by Gasteiger charge is -2.35. The van der Waals surface area contributed by atoms with Crippen molar-refractivity contribution >= 4 is 23.2 Å². The van der Waals surface area contributed by atoms with Gasteiger partial charge >= 0.3 is 0 Å². The van der Waals surface area contributed by atoms with Crippen LogP contribution in [0.4, 0.5) is 0 Å². The first-order chi connectivity index (χ1) is 10.2. The quantitative estimate of drug-likeness (QED) is 0.859. The summed E-state index contributed by atoms with van der Waals surface area (Å²) >= 11 is 1.64. The number of morpholine rings is 1. The van der Waals surface area contributed by atoms with Crippen LogP contribution in [0.3, 0.4) is 0 Å². The monoisotopic (exact) mass is 309 g/mol. The molecule has 1 atom stereocenters. The number of nitrogens with zero attached hydrogens (tertiary/aromatic N) is 2. The first kappa shape index (κ1) is 14.5. The van der Waals surface area contributed by atoms with Crippen molar-refractivity contribution in [2.75, 3.05) is 45.9 Å². The summed E-state index contributed by atoms with van der Waals surface area (Å²) in [5.74, 6) is 0.00720. The molecule has 114 valence electrons. The Balaban J connectivity index is 1.58. The molecule has 2 aliphatic heterocycles. The Bertz CT molecular complexity index is 506. The zero-order valence-corrected chi connectivity index (χ0v) is 12.6. The van der Waals surface area contributed by atoms with Gasteiger partial charge in [0.1, 0.15) is 6.10 Å². The third-order valence-corrected chi connectivity index (χ3v) is 4.76. The lowest BCUT2D eigenvalue weighted by molar-refractivity contribution is -0.145. The topological polar surface area (TPSA) is 61.9 Å². The summed E-state index contributed by atoms with van der Waals surface area (Å²) in [4.78, 5) is 28.7. The van der Waals surface area contributed by atoms with Crippen molar-refractivity contribution in [2.24, 2.45) is 0 Å². The first-order valence-electron chi connectivity index (χ1n) is 7.15. The molecule has 2 aliphatic rings. The van der Waals surface area contributed by atoms with Gasteiger partial charge in [-0.15, -0.1) is 11.3 Å². The molecule has 1 unspecified atom stereocenters.